The van der Waals surface area contributed by atoms with E-state index in [-0.39, 0.29) is 6.61 Å². The maximum Gasteiger partial charge on any atom is 0.252 e. The van der Waals surface area contributed by atoms with E-state index in [1.54, 1.807) is 13.8 Å². The zero-order valence-corrected chi connectivity index (χ0v) is 25.0. The fourth-order valence-electron chi connectivity index (χ4n) is 5.47. The number of para-hydroxylation sites is 1. The van der Waals surface area contributed by atoms with Crippen LogP contribution in [0, 0.1) is 0 Å². The SMILES string of the molecule is CC(C)(CO)NC(=O)[C@H]1OC(n2cnc3c(NCCc4cn(Cc5ccc(Cl)cc5)c5ccccc45)ncnc32)[C@H](O)[C@@H]1O. The summed E-state index contributed by atoms with van der Waals surface area (Å²) in [6, 6.07) is 16.1. The lowest BCUT2D eigenvalue weighted by molar-refractivity contribution is -0.139. The minimum absolute atomic E-state index is 0.308. The summed E-state index contributed by atoms with van der Waals surface area (Å²) in [5.41, 5.74) is 3.38. The second-order valence-electron chi connectivity index (χ2n) is 11.6. The molecule has 0 saturated carbocycles. The molecule has 1 aliphatic rings. The Morgan fingerprint density at radius 1 is 1.07 bits per heavy atom. The first-order valence-corrected chi connectivity index (χ1v) is 14.7. The Morgan fingerprint density at radius 3 is 2.61 bits per heavy atom. The number of fused-ring (bicyclic) bond motifs is 2. The number of hydrogen-bond donors (Lipinski definition) is 5. The van der Waals surface area contributed by atoms with Crippen LogP contribution in [0.25, 0.3) is 22.1 Å². The molecule has 0 spiro atoms. The molecule has 5 aromatic rings. The van der Waals surface area contributed by atoms with Crippen LogP contribution in [0.2, 0.25) is 5.02 Å². The van der Waals surface area contributed by atoms with E-state index in [4.69, 9.17) is 16.3 Å². The molecule has 1 saturated heterocycles. The van der Waals surface area contributed by atoms with Crippen LogP contribution in [0.15, 0.2) is 67.4 Å². The molecule has 1 fully saturated rings. The number of halogens is 1. The van der Waals surface area contributed by atoms with Gasteiger partial charge in [-0.05, 0) is 49.6 Å². The van der Waals surface area contributed by atoms with Gasteiger partial charge in [-0.1, -0.05) is 41.9 Å². The molecule has 6 rings (SSSR count). The summed E-state index contributed by atoms with van der Waals surface area (Å²) in [7, 11) is 0. The molecule has 0 aliphatic carbocycles. The van der Waals surface area contributed by atoms with Crippen LogP contribution in [-0.4, -0.2) is 82.3 Å². The number of aliphatic hydroxyl groups is 3. The number of anilines is 1. The fraction of sp³-hybridized carbons (Fsp3) is 0.355. The Morgan fingerprint density at radius 2 is 1.84 bits per heavy atom. The molecule has 5 N–H and O–H groups in total. The number of nitrogens with one attached hydrogen (secondary N) is 2. The first kappa shape index (κ1) is 30.0. The van der Waals surface area contributed by atoms with Gasteiger partial charge in [-0.3, -0.25) is 9.36 Å². The van der Waals surface area contributed by atoms with Gasteiger partial charge in [0.15, 0.2) is 29.3 Å². The average Bonchev–Trinajstić information content (AvgIpc) is 3.68. The summed E-state index contributed by atoms with van der Waals surface area (Å²) >= 11 is 6.07. The maximum absolute atomic E-state index is 12.7. The highest BCUT2D eigenvalue weighted by Gasteiger charge is 2.48. The van der Waals surface area contributed by atoms with Crippen LogP contribution in [-0.2, 0) is 22.5 Å². The Bertz CT molecular complexity index is 1790. The highest BCUT2D eigenvalue weighted by Crippen LogP contribution is 2.33. The Kier molecular flexibility index (Phi) is 8.27. The second-order valence-corrected chi connectivity index (χ2v) is 12.0. The highest BCUT2D eigenvalue weighted by molar-refractivity contribution is 6.30. The summed E-state index contributed by atoms with van der Waals surface area (Å²) in [5.74, 6) is -0.139. The zero-order valence-electron chi connectivity index (χ0n) is 24.3. The smallest absolute Gasteiger partial charge is 0.252 e. The van der Waals surface area contributed by atoms with Crippen molar-refractivity contribution in [1.29, 1.82) is 0 Å². The van der Waals surface area contributed by atoms with Crippen molar-refractivity contribution in [3.8, 4) is 0 Å². The molecule has 2 aromatic carbocycles. The van der Waals surface area contributed by atoms with Gasteiger partial charge in [0.1, 0.15) is 18.5 Å². The highest BCUT2D eigenvalue weighted by atomic mass is 35.5. The van der Waals surface area contributed by atoms with Crippen LogP contribution in [0.3, 0.4) is 0 Å². The van der Waals surface area contributed by atoms with Gasteiger partial charge in [-0.15, -0.1) is 0 Å². The average molecular weight is 620 g/mol. The van der Waals surface area contributed by atoms with Crippen molar-refractivity contribution >= 4 is 45.4 Å². The third-order valence-electron chi connectivity index (χ3n) is 7.81. The van der Waals surface area contributed by atoms with Crippen molar-refractivity contribution in [2.24, 2.45) is 0 Å². The number of rotatable bonds is 10. The van der Waals surface area contributed by atoms with Gasteiger partial charge in [-0.2, -0.15) is 0 Å². The number of benzene rings is 2. The Balaban J connectivity index is 1.17. The molecule has 4 atom stereocenters. The molecule has 13 heteroatoms. The number of carbonyl (C=O) groups is 1. The van der Waals surface area contributed by atoms with Crippen molar-refractivity contribution in [3.63, 3.8) is 0 Å². The Labute approximate surface area is 258 Å². The van der Waals surface area contributed by atoms with Gasteiger partial charge in [-0.25, -0.2) is 15.0 Å². The van der Waals surface area contributed by atoms with E-state index >= 15 is 0 Å². The molecule has 3 aromatic heterocycles. The van der Waals surface area contributed by atoms with Gasteiger partial charge in [0, 0.05) is 35.2 Å². The summed E-state index contributed by atoms with van der Waals surface area (Å²) in [4.78, 5) is 25.9. The van der Waals surface area contributed by atoms with Crippen molar-refractivity contribution < 1.29 is 24.9 Å². The largest absolute Gasteiger partial charge is 0.394 e. The first-order valence-electron chi connectivity index (χ1n) is 14.3. The lowest BCUT2D eigenvalue weighted by Gasteiger charge is -2.26. The third-order valence-corrected chi connectivity index (χ3v) is 8.06. The molecular formula is C31H34ClN7O5. The van der Waals surface area contributed by atoms with E-state index in [1.165, 1.54) is 28.2 Å². The lowest BCUT2D eigenvalue weighted by Crippen LogP contribution is -2.52. The Hall–Kier alpha value is -4.07. The van der Waals surface area contributed by atoms with Crippen molar-refractivity contribution in [1.82, 2.24) is 29.4 Å². The van der Waals surface area contributed by atoms with Crippen molar-refractivity contribution in [2.75, 3.05) is 18.5 Å². The molecule has 0 radical (unpaired) electrons. The standard InChI is InChI=1S/C31H34ClN7O5/c1-31(2,15-40)37-29(43)26-24(41)25(42)30(44-26)39-17-36-23-27(34-16-35-28(23)39)33-12-11-19-14-38(22-6-4-3-5-21(19)22)13-18-7-9-20(32)10-8-18/h3-10,14,16-17,24-26,30,40-42H,11-13,15H2,1-2H3,(H,37,43)(H,33,34,35)/t24-,25+,26-,30?/m0/s1. The second kappa shape index (κ2) is 12.1. The van der Waals surface area contributed by atoms with Gasteiger partial charge in [0.25, 0.3) is 5.91 Å². The molecule has 1 unspecified atom stereocenters. The number of aromatic nitrogens is 5. The maximum atomic E-state index is 12.7. The summed E-state index contributed by atoms with van der Waals surface area (Å²) in [6.45, 7) is 4.25. The number of carbonyl (C=O) groups excluding carboxylic acids is 1. The summed E-state index contributed by atoms with van der Waals surface area (Å²) in [5, 5.41) is 38.7. The molecule has 230 valence electrons. The van der Waals surface area contributed by atoms with Gasteiger partial charge in [0.05, 0.1) is 18.5 Å². The van der Waals surface area contributed by atoms with Crippen molar-refractivity contribution in [3.05, 3.63) is 83.5 Å². The van der Waals surface area contributed by atoms with E-state index in [0.29, 0.717) is 28.5 Å². The van der Waals surface area contributed by atoms with E-state index in [0.717, 1.165) is 24.0 Å². The third kappa shape index (κ3) is 5.86. The van der Waals surface area contributed by atoms with E-state index in [1.807, 2.05) is 36.4 Å². The molecule has 0 bridgehead atoms. The number of imidazole rings is 1. The number of aliphatic hydroxyl groups excluding tert-OH is 3. The number of amides is 1. The van der Waals surface area contributed by atoms with Gasteiger partial charge in [0.2, 0.25) is 0 Å². The predicted octanol–water partition coefficient (Wildman–Crippen LogP) is 2.64. The zero-order chi connectivity index (χ0) is 31.0. The molecule has 4 heterocycles. The number of hydrogen-bond acceptors (Lipinski definition) is 9. The van der Waals surface area contributed by atoms with Crippen LogP contribution < -0.4 is 10.6 Å². The van der Waals surface area contributed by atoms with Crippen LogP contribution in [0.1, 0.15) is 31.2 Å². The quantitative estimate of drug-likeness (QED) is 0.158. The van der Waals surface area contributed by atoms with E-state index < -0.39 is 36.0 Å². The summed E-state index contributed by atoms with van der Waals surface area (Å²) in [6.07, 6.45) is 0.337. The van der Waals surface area contributed by atoms with Gasteiger partial charge < -0.3 is 35.3 Å². The molecular weight excluding hydrogens is 586 g/mol. The molecule has 12 nitrogen and oxygen atoms in total. The van der Waals surface area contributed by atoms with E-state index in [2.05, 4.69) is 48.5 Å². The minimum atomic E-state index is -1.49. The summed E-state index contributed by atoms with van der Waals surface area (Å²) < 4.78 is 9.51. The molecule has 44 heavy (non-hydrogen) atoms. The van der Waals surface area contributed by atoms with Crippen molar-refractivity contribution in [2.45, 2.75) is 56.9 Å². The number of ether oxygens (including phenoxy) is 1. The van der Waals surface area contributed by atoms with E-state index in [9.17, 15) is 20.1 Å². The first-order chi connectivity index (χ1) is 21.1. The van der Waals surface area contributed by atoms with Gasteiger partial charge >= 0.3 is 0 Å². The lowest BCUT2D eigenvalue weighted by atomic mass is 10.0. The number of nitrogens with zero attached hydrogens (tertiary/aromatic N) is 5. The van der Waals surface area contributed by atoms with Crippen LogP contribution >= 0.6 is 11.6 Å². The monoisotopic (exact) mass is 619 g/mol. The minimum Gasteiger partial charge on any atom is -0.394 e. The normalized spacial score (nSPS) is 20.4. The molecule has 1 aliphatic heterocycles. The predicted molar refractivity (Wildman–Crippen MR) is 165 cm³/mol. The van der Waals surface area contributed by atoms with Crippen LogP contribution in [0.5, 0.6) is 0 Å². The fourth-order valence-corrected chi connectivity index (χ4v) is 5.60. The van der Waals surface area contributed by atoms with Crippen LogP contribution in [0.4, 0.5) is 5.82 Å². The molecule has 1 amide bonds. The topological polar surface area (TPSA) is 160 Å².